The first-order chi connectivity index (χ1) is 8.84. The Bertz CT molecular complexity index is 569. The number of nitrogens with one attached hydrogen (secondary N) is 1. The lowest BCUT2D eigenvalue weighted by atomic mass is 10.3. The molecule has 0 amide bonds. The average Bonchev–Trinajstić information content (AvgIpc) is 2.27. The maximum atomic E-state index is 13.6. The van der Waals surface area contributed by atoms with Gasteiger partial charge >= 0.3 is 0 Å². The number of nitrogens with zero attached hydrogens (tertiary/aromatic N) is 1. The Morgan fingerprint density at radius 2 is 1.84 bits per heavy atom. The summed E-state index contributed by atoms with van der Waals surface area (Å²) in [7, 11) is -4.31. The van der Waals surface area contributed by atoms with Crippen LogP contribution in [-0.4, -0.2) is 38.4 Å². The van der Waals surface area contributed by atoms with Crippen LogP contribution in [0.15, 0.2) is 17.0 Å². The van der Waals surface area contributed by atoms with Gasteiger partial charge in [-0.25, -0.2) is 21.6 Å². The summed E-state index contributed by atoms with van der Waals surface area (Å²) in [5.74, 6) is -3.98. The first-order valence-corrected chi connectivity index (χ1v) is 7.15. The molecular formula is C11H13F3N2O2S. The van der Waals surface area contributed by atoms with Gasteiger partial charge in [-0.15, -0.1) is 0 Å². The molecule has 1 aromatic rings. The largest absolute Gasteiger partial charge is 0.314 e. The molecule has 0 saturated carbocycles. The maximum Gasteiger partial charge on any atom is 0.249 e. The van der Waals surface area contributed by atoms with E-state index >= 15 is 0 Å². The predicted octanol–water partition coefficient (Wildman–Crippen LogP) is 1.09. The number of benzene rings is 1. The number of hydrogen-bond donors (Lipinski definition) is 1. The van der Waals surface area contributed by atoms with E-state index in [1.807, 2.05) is 0 Å². The van der Waals surface area contributed by atoms with Crippen LogP contribution in [0.5, 0.6) is 0 Å². The Balaban J connectivity index is 2.50. The minimum atomic E-state index is -4.31. The second kappa shape index (κ2) is 5.10. The van der Waals surface area contributed by atoms with Gasteiger partial charge in [0.05, 0.1) is 0 Å². The van der Waals surface area contributed by atoms with Gasteiger partial charge in [0, 0.05) is 37.8 Å². The van der Waals surface area contributed by atoms with E-state index in [4.69, 9.17) is 0 Å². The molecule has 1 N–H and O–H groups in total. The van der Waals surface area contributed by atoms with Crippen LogP contribution in [0.25, 0.3) is 0 Å². The van der Waals surface area contributed by atoms with Crippen molar-refractivity contribution in [1.82, 2.24) is 9.62 Å². The van der Waals surface area contributed by atoms with E-state index in [9.17, 15) is 21.6 Å². The molecule has 0 radical (unpaired) electrons. The van der Waals surface area contributed by atoms with Gasteiger partial charge in [-0.05, 0) is 6.92 Å². The maximum absolute atomic E-state index is 13.6. The van der Waals surface area contributed by atoms with E-state index in [-0.39, 0.29) is 6.54 Å². The molecule has 2 rings (SSSR count). The predicted molar refractivity (Wildman–Crippen MR) is 62.5 cm³/mol. The molecule has 0 spiro atoms. The Morgan fingerprint density at radius 3 is 2.37 bits per heavy atom. The molecule has 1 aliphatic heterocycles. The lowest BCUT2D eigenvalue weighted by molar-refractivity contribution is 0.281. The van der Waals surface area contributed by atoms with Crippen LogP contribution in [-0.2, 0) is 10.0 Å². The highest BCUT2D eigenvalue weighted by molar-refractivity contribution is 7.89. The molecule has 8 heteroatoms. The zero-order valence-corrected chi connectivity index (χ0v) is 11.0. The summed E-state index contributed by atoms with van der Waals surface area (Å²) in [6.45, 7) is 2.53. The summed E-state index contributed by atoms with van der Waals surface area (Å²) in [4.78, 5) is -1.09. The van der Waals surface area contributed by atoms with Gasteiger partial charge in [-0.3, -0.25) is 0 Å². The van der Waals surface area contributed by atoms with Gasteiger partial charge in [0.25, 0.3) is 0 Å². The molecule has 4 nitrogen and oxygen atoms in total. The van der Waals surface area contributed by atoms with E-state index < -0.39 is 38.4 Å². The van der Waals surface area contributed by atoms with Gasteiger partial charge in [0.15, 0.2) is 4.90 Å². The molecule has 106 valence electrons. The highest BCUT2D eigenvalue weighted by Crippen LogP contribution is 2.25. The van der Waals surface area contributed by atoms with Crippen molar-refractivity contribution < 1.29 is 21.6 Å². The van der Waals surface area contributed by atoms with E-state index in [1.54, 1.807) is 6.92 Å². The molecule has 0 unspecified atom stereocenters. The molecular weight excluding hydrogens is 281 g/mol. The fraction of sp³-hybridized carbons (Fsp3) is 0.455. The van der Waals surface area contributed by atoms with Crippen molar-refractivity contribution in [3.8, 4) is 0 Å². The Hall–Kier alpha value is -1.12. The first-order valence-electron chi connectivity index (χ1n) is 5.71. The van der Waals surface area contributed by atoms with Gasteiger partial charge in [-0.1, -0.05) is 0 Å². The molecule has 1 fully saturated rings. The van der Waals surface area contributed by atoms with Crippen LogP contribution >= 0.6 is 0 Å². The summed E-state index contributed by atoms with van der Waals surface area (Å²) in [5.41, 5.74) is 0. The Kier molecular flexibility index (Phi) is 3.84. The zero-order chi connectivity index (χ0) is 14.2. The number of sulfonamides is 1. The second-order valence-electron chi connectivity index (χ2n) is 4.37. The number of piperazine rings is 1. The normalized spacial score (nSPS) is 21.6. The topological polar surface area (TPSA) is 49.4 Å². The van der Waals surface area contributed by atoms with Crippen LogP contribution in [0, 0.1) is 17.5 Å². The standard InChI is InChI=1S/C11H13F3N2O2S/c1-7-6-15-2-3-16(7)19(17,18)11-9(13)4-8(12)5-10(11)14/h4-5,7,15H,2-3,6H2,1H3/t7-/m1/s1. The number of halogens is 3. The molecule has 1 aromatic carbocycles. The Morgan fingerprint density at radius 1 is 1.26 bits per heavy atom. The van der Waals surface area contributed by atoms with Crippen LogP contribution in [0.3, 0.4) is 0 Å². The van der Waals surface area contributed by atoms with Crippen molar-refractivity contribution in [2.75, 3.05) is 19.6 Å². The highest BCUT2D eigenvalue weighted by Gasteiger charge is 2.35. The number of rotatable bonds is 2. The Labute approximate surface area is 109 Å². The fourth-order valence-corrected chi connectivity index (χ4v) is 3.80. The van der Waals surface area contributed by atoms with Gasteiger partial charge < -0.3 is 5.32 Å². The van der Waals surface area contributed by atoms with Crippen LogP contribution in [0.4, 0.5) is 13.2 Å². The van der Waals surface area contributed by atoms with Crippen molar-refractivity contribution in [3.05, 3.63) is 29.6 Å². The van der Waals surface area contributed by atoms with Crippen molar-refractivity contribution in [1.29, 1.82) is 0 Å². The summed E-state index contributed by atoms with van der Waals surface area (Å²) in [6.07, 6.45) is 0. The molecule has 0 bridgehead atoms. The quantitative estimate of drug-likeness (QED) is 0.888. The van der Waals surface area contributed by atoms with E-state index in [0.717, 1.165) is 4.31 Å². The van der Waals surface area contributed by atoms with E-state index in [2.05, 4.69) is 5.32 Å². The lowest BCUT2D eigenvalue weighted by Gasteiger charge is -2.32. The third kappa shape index (κ3) is 2.60. The SMILES string of the molecule is C[C@@H]1CNCCN1S(=O)(=O)c1c(F)cc(F)cc1F. The molecule has 1 atom stereocenters. The molecule has 0 aromatic heterocycles. The zero-order valence-electron chi connectivity index (χ0n) is 10.2. The third-order valence-electron chi connectivity index (χ3n) is 2.97. The van der Waals surface area contributed by atoms with Gasteiger partial charge in [0.1, 0.15) is 17.5 Å². The van der Waals surface area contributed by atoms with Crippen molar-refractivity contribution >= 4 is 10.0 Å². The smallest absolute Gasteiger partial charge is 0.249 e. The van der Waals surface area contributed by atoms with Crippen LogP contribution in [0.1, 0.15) is 6.92 Å². The van der Waals surface area contributed by atoms with Crippen LogP contribution < -0.4 is 5.32 Å². The third-order valence-corrected chi connectivity index (χ3v) is 5.04. The molecule has 1 aliphatic rings. The highest BCUT2D eigenvalue weighted by atomic mass is 32.2. The first kappa shape index (κ1) is 14.3. The van der Waals surface area contributed by atoms with Crippen molar-refractivity contribution in [3.63, 3.8) is 0 Å². The van der Waals surface area contributed by atoms with E-state index in [0.29, 0.717) is 25.2 Å². The minimum Gasteiger partial charge on any atom is -0.314 e. The van der Waals surface area contributed by atoms with Crippen LogP contribution in [0.2, 0.25) is 0 Å². The number of hydrogen-bond acceptors (Lipinski definition) is 3. The molecule has 1 heterocycles. The summed E-state index contributed by atoms with van der Waals surface area (Å²) < 4.78 is 65.5. The summed E-state index contributed by atoms with van der Waals surface area (Å²) in [6, 6.07) is 0.300. The monoisotopic (exact) mass is 294 g/mol. The van der Waals surface area contributed by atoms with Crippen molar-refractivity contribution in [2.24, 2.45) is 0 Å². The molecule has 0 aliphatic carbocycles. The molecule has 1 saturated heterocycles. The van der Waals surface area contributed by atoms with Gasteiger partial charge in [-0.2, -0.15) is 4.31 Å². The van der Waals surface area contributed by atoms with Gasteiger partial charge in [0.2, 0.25) is 10.0 Å². The van der Waals surface area contributed by atoms with Crippen molar-refractivity contribution in [2.45, 2.75) is 17.9 Å². The molecule has 19 heavy (non-hydrogen) atoms. The minimum absolute atomic E-state index is 0.111. The average molecular weight is 294 g/mol. The second-order valence-corrected chi connectivity index (χ2v) is 6.19. The summed E-state index contributed by atoms with van der Waals surface area (Å²) >= 11 is 0. The fourth-order valence-electron chi connectivity index (χ4n) is 2.07. The summed E-state index contributed by atoms with van der Waals surface area (Å²) in [5, 5.41) is 2.97. The van der Waals surface area contributed by atoms with E-state index in [1.165, 1.54) is 0 Å². The lowest BCUT2D eigenvalue weighted by Crippen LogP contribution is -2.52.